The van der Waals surface area contributed by atoms with Gasteiger partial charge in [0.2, 0.25) is 5.91 Å². The Morgan fingerprint density at radius 1 is 1.45 bits per heavy atom. The zero-order valence-electron chi connectivity index (χ0n) is 10.8. The van der Waals surface area contributed by atoms with E-state index in [0.717, 1.165) is 5.56 Å². The van der Waals surface area contributed by atoms with Gasteiger partial charge < -0.3 is 15.7 Å². The molecule has 1 aromatic rings. The second-order valence-electron chi connectivity index (χ2n) is 4.98. The molecule has 0 saturated carbocycles. The Balaban J connectivity index is 2.28. The minimum atomic E-state index is -4.64. The molecule has 1 saturated heterocycles. The van der Waals surface area contributed by atoms with Gasteiger partial charge >= 0.3 is 6.18 Å². The third-order valence-corrected chi connectivity index (χ3v) is 3.53. The highest BCUT2D eigenvalue weighted by molar-refractivity contribution is 5.97. The van der Waals surface area contributed by atoms with E-state index in [2.05, 4.69) is 10.6 Å². The number of carbonyl (C=O) groups is 1. The van der Waals surface area contributed by atoms with Crippen molar-refractivity contribution in [1.82, 2.24) is 5.32 Å². The number of aryl methyl sites for hydroxylation is 1. The number of phenolic OH excluding ortho intramolecular Hbond substituents is 1. The second-order valence-corrected chi connectivity index (χ2v) is 4.98. The van der Waals surface area contributed by atoms with E-state index < -0.39 is 24.0 Å². The van der Waals surface area contributed by atoms with Gasteiger partial charge in [-0.05, 0) is 37.6 Å². The Hall–Kier alpha value is -1.76. The first kappa shape index (κ1) is 14.6. The van der Waals surface area contributed by atoms with Crippen LogP contribution in [0, 0.1) is 12.3 Å². The molecule has 1 aromatic carbocycles. The molecule has 1 atom stereocenters. The highest BCUT2D eigenvalue weighted by Gasteiger charge is 2.61. The Labute approximate surface area is 114 Å². The monoisotopic (exact) mass is 288 g/mol. The number of carbonyl (C=O) groups excluding carboxylic acids is 1. The van der Waals surface area contributed by atoms with Gasteiger partial charge in [-0.15, -0.1) is 0 Å². The molecule has 4 nitrogen and oxygen atoms in total. The van der Waals surface area contributed by atoms with Crippen LogP contribution in [0.2, 0.25) is 0 Å². The van der Waals surface area contributed by atoms with Crippen LogP contribution in [0.15, 0.2) is 18.2 Å². The number of aromatic hydroxyl groups is 1. The second kappa shape index (κ2) is 4.97. The predicted octanol–water partition coefficient (Wildman–Crippen LogP) is 2.18. The van der Waals surface area contributed by atoms with Crippen molar-refractivity contribution in [2.24, 2.45) is 5.41 Å². The minimum absolute atomic E-state index is 0.00877. The van der Waals surface area contributed by atoms with Crippen LogP contribution in [-0.4, -0.2) is 30.3 Å². The maximum atomic E-state index is 13.2. The number of benzene rings is 1. The number of hydrogen-bond acceptors (Lipinski definition) is 3. The van der Waals surface area contributed by atoms with E-state index in [4.69, 9.17) is 0 Å². The van der Waals surface area contributed by atoms with Gasteiger partial charge in [0.15, 0.2) is 5.41 Å². The van der Waals surface area contributed by atoms with E-state index in [1.54, 1.807) is 13.0 Å². The topological polar surface area (TPSA) is 61.4 Å². The standard InChI is InChI=1S/C13H15F3N2O2/c1-8-2-3-10(19)9(6-8)18-11(20)12(13(14,15)16)4-5-17-7-12/h2-3,6,17,19H,4-5,7H2,1H3,(H,18,20). The average Bonchev–Trinajstić information content (AvgIpc) is 2.83. The summed E-state index contributed by atoms with van der Waals surface area (Å²) in [5, 5.41) is 14.4. The fourth-order valence-corrected chi connectivity index (χ4v) is 2.25. The Kier molecular flexibility index (Phi) is 3.64. The van der Waals surface area contributed by atoms with Crippen LogP contribution in [0.4, 0.5) is 18.9 Å². The number of nitrogens with one attached hydrogen (secondary N) is 2. The molecule has 1 heterocycles. The molecule has 0 aliphatic carbocycles. The Morgan fingerprint density at radius 3 is 2.70 bits per heavy atom. The number of amides is 1. The lowest BCUT2D eigenvalue weighted by molar-refractivity contribution is -0.213. The average molecular weight is 288 g/mol. The highest BCUT2D eigenvalue weighted by Crippen LogP contribution is 2.44. The van der Waals surface area contributed by atoms with Crippen LogP contribution >= 0.6 is 0 Å². The van der Waals surface area contributed by atoms with E-state index in [-0.39, 0.29) is 24.4 Å². The summed E-state index contributed by atoms with van der Waals surface area (Å²) in [7, 11) is 0. The molecule has 1 aliphatic heterocycles. The zero-order chi connectivity index (χ0) is 15.0. The smallest absolute Gasteiger partial charge is 0.404 e. The number of alkyl halides is 3. The van der Waals surface area contributed by atoms with Crippen molar-refractivity contribution in [2.45, 2.75) is 19.5 Å². The largest absolute Gasteiger partial charge is 0.506 e. The van der Waals surface area contributed by atoms with Crippen molar-refractivity contribution < 1.29 is 23.1 Å². The van der Waals surface area contributed by atoms with Crippen molar-refractivity contribution in [3.05, 3.63) is 23.8 Å². The van der Waals surface area contributed by atoms with Crippen molar-refractivity contribution in [2.75, 3.05) is 18.4 Å². The molecule has 3 N–H and O–H groups in total. The van der Waals surface area contributed by atoms with Gasteiger partial charge in [0.25, 0.3) is 0 Å². The van der Waals surface area contributed by atoms with Crippen LogP contribution in [-0.2, 0) is 4.79 Å². The van der Waals surface area contributed by atoms with Gasteiger partial charge in [0.05, 0.1) is 5.69 Å². The van der Waals surface area contributed by atoms with Gasteiger partial charge in [0.1, 0.15) is 5.75 Å². The van der Waals surface area contributed by atoms with Gasteiger partial charge in [-0.3, -0.25) is 4.79 Å². The molecule has 110 valence electrons. The maximum Gasteiger partial charge on any atom is 0.404 e. The van der Waals surface area contributed by atoms with Crippen LogP contribution < -0.4 is 10.6 Å². The lowest BCUT2D eigenvalue weighted by atomic mass is 9.85. The first-order chi connectivity index (χ1) is 9.26. The van der Waals surface area contributed by atoms with E-state index >= 15 is 0 Å². The highest BCUT2D eigenvalue weighted by atomic mass is 19.4. The molecule has 1 amide bonds. The molecule has 1 unspecified atom stereocenters. The summed E-state index contributed by atoms with van der Waals surface area (Å²) in [6, 6.07) is 4.36. The Morgan fingerprint density at radius 2 is 2.15 bits per heavy atom. The predicted molar refractivity (Wildman–Crippen MR) is 67.4 cm³/mol. The third-order valence-electron chi connectivity index (χ3n) is 3.53. The van der Waals surface area contributed by atoms with Gasteiger partial charge in [-0.25, -0.2) is 0 Å². The summed E-state index contributed by atoms with van der Waals surface area (Å²) >= 11 is 0. The lowest BCUT2D eigenvalue weighted by Gasteiger charge is -2.29. The number of anilines is 1. The van der Waals surface area contributed by atoms with Gasteiger partial charge in [-0.1, -0.05) is 6.07 Å². The number of phenols is 1. The molecule has 0 spiro atoms. The summed E-state index contributed by atoms with van der Waals surface area (Å²) in [6.07, 6.45) is -4.95. The molecule has 1 aliphatic rings. The molecule has 20 heavy (non-hydrogen) atoms. The summed E-state index contributed by atoms with van der Waals surface area (Å²) in [5.41, 5.74) is -1.72. The number of halogens is 3. The van der Waals surface area contributed by atoms with Crippen LogP contribution in [0.25, 0.3) is 0 Å². The third kappa shape index (κ3) is 2.45. The molecule has 2 rings (SSSR count). The first-order valence-electron chi connectivity index (χ1n) is 6.15. The fraction of sp³-hybridized carbons (Fsp3) is 0.462. The zero-order valence-corrected chi connectivity index (χ0v) is 10.8. The van der Waals surface area contributed by atoms with E-state index in [1.165, 1.54) is 12.1 Å². The van der Waals surface area contributed by atoms with Gasteiger partial charge in [0, 0.05) is 6.54 Å². The first-order valence-corrected chi connectivity index (χ1v) is 6.15. The molecule has 1 fully saturated rings. The molecule has 7 heteroatoms. The number of hydrogen-bond donors (Lipinski definition) is 3. The van der Waals surface area contributed by atoms with E-state index in [0.29, 0.717) is 0 Å². The summed E-state index contributed by atoms with van der Waals surface area (Å²) in [5.74, 6) is -1.40. The van der Waals surface area contributed by atoms with E-state index in [1.807, 2.05) is 0 Å². The summed E-state index contributed by atoms with van der Waals surface area (Å²) in [4.78, 5) is 12.1. The summed E-state index contributed by atoms with van der Waals surface area (Å²) < 4.78 is 39.6. The van der Waals surface area contributed by atoms with Gasteiger partial charge in [-0.2, -0.15) is 13.2 Å². The van der Waals surface area contributed by atoms with Crippen molar-refractivity contribution in [3.63, 3.8) is 0 Å². The SMILES string of the molecule is Cc1ccc(O)c(NC(=O)C2(C(F)(F)F)CCNC2)c1. The molecule has 0 bridgehead atoms. The Bertz CT molecular complexity index is 523. The van der Waals surface area contributed by atoms with Crippen molar-refractivity contribution >= 4 is 11.6 Å². The molecule has 0 aromatic heterocycles. The quantitative estimate of drug-likeness (QED) is 0.731. The van der Waals surface area contributed by atoms with Crippen LogP contribution in [0.3, 0.4) is 0 Å². The van der Waals surface area contributed by atoms with Crippen molar-refractivity contribution in [3.8, 4) is 5.75 Å². The number of rotatable bonds is 2. The van der Waals surface area contributed by atoms with Crippen LogP contribution in [0.1, 0.15) is 12.0 Å². The molecular formula is C13H15F3N2O2. The minimum Gasteiger partial charge on any atom is -0.506 e. The fourth-order valence-electron chi connectivity index (χ4n) is 2.25. The molecule has 0 radical (unpaired) electrons. The van der Waals surface area contributed by atoms with Crippen molar-refractivity contribution in [1.29, 1.82) is 0 Å². The maximum absolute atomic E-state index is 13.2. The summed E-state index contributed by atoms with van der Waals surface area (Å²) in [6.45, 7) is 1.40. The normalized spacial score (nSPS) is 22.8. The van der Waals surface area contributed by atoms with Crippen LogP contribution in [0.5, 0.6) is 5.75 Å². The van der Waals surface area contributed by atoms with E-state index in [9.17, 15) is 23.1 Å². The lowest BCUT2D eigenvalue weighted by Crippen LogP contribution is -2.49. The molecular weight excluding hydrogens is 273 g/mol.